The van der Waals surface area contributed by atoms with Crippen LogP contribution in [0.2, 0.25) is 0 Å². The summed E-state index contributed by atoms with van der Waals surface area (Å²) in [6.45, 7) is 3.35. The summed E-state index contributed by atoms with van der Waals surface area (Å²) in [4.78, 5) is 17.4. The normalized spacial score (nSPS) is 33.5. The highest BCUT2D eigenvalue weighted by atomic mass is 19.1. The lowest BCUT2D eigenvalue weighted by Gasteiger charge is -2.49. The lowest BCUT2D eigenvalue weighted by Crippen LogP contribution is -2.59. The Morgan fingerprint density at radius 1 is 1.25 bits per heavy atom. The number of pyridine rings is 1. The van der Waals surface area contributed by atoms with Crippen molar-refractivity contribution in [3.63, 3.8) is 0 Å². The van der Waals surface area contributed by atoms with Gasteiger partial charge < -0.3 is 4.90 Å². The van der Waals surface area contributed by atoms with E-state index in [-0.39, 0.29) is 11.4 Å². The van der Waals surface area contributed by atoms with Crippen LogP contribution >= 0.6 is 0 Å². The zero-order valence-corrected chi connectivity index (χ0v) is 13.3. The second-order valence-corrected chi connectivity index (χ2v) is 7.09. The Morgan fingerprint density at radius 3 is 2.92 bits per heavy atom. The maximum absolute atomic E-state index is 13.3. The average Bonchev–Trinajstić information content (AvgIpc) is 2.98. The summed E-state index contributed by atoms with van der Waals surface area (Å²) in [7, 11) is 0. The zero-order chi connectivity index (χ0) is 16.1. The predicted molar refractivity (Wildman–Crippen MR) is 89.5 cm³/mol. The van der Waals surface area contributed by atoms with E-state index in [1.54, 1.807) is 12.3 Å². The van der Waals surface area contributed by atoms with Gasteiger partial charge in [-0.05, 0) is 55.4 Å². The molecule has 0 aliphatic carbocycles. The molecule has 4 aliphatic heterocycles. The standard InChI is InChI=1S/C18H19FN4O/c19-15-2-1-12-8-16(20-10-13(12)7-15)21-17-9-18(24-22-17)11-23-5-3-14(18)4-6-23/h1-2,7-8,10,14H,3-6,9,11H2,(H,20,21,22). The van der Waals surface area contributed by atoms with Crippen LogP contribution in [0.15, 0.2) is 35.5 Å². The van der Waals surface area contributed by atoms with Crippen LogP contribution in [0.1, 0.15) is 19.3 Å². The number of aromatic nitrogens is 1. The maximum atomic E-state index is 13.3. The van der Waals surface area contributed by atoms with Gasteiger partial charge in [-0.15, -0.1) is 0 Å². The highest BCUT2D eigenvalue weighted by molar-refractivity contribution is 5.88. The van der Waals surface area contributed by atoms with Gasteiger partial charge in [0.1, 0.15) is 17.3 Å². The largest absolute Gasteiger partial charge is 0.300 e. The van der Waals surface area contributed by atoms with Gasteiger partial charge in [0, 0.05) is 24.5 Å². The molecule has 2 aromatic rings. The van der Waals surface area contributed by atoms with E-state index >= 15 is 0 Å². The smallest absolute Gasteiger partial charge is 0.154 e. The van der Waals surface area contributed by atoms with E-state index in [9.17, 15) is 4.39 Å². The number of rotatable bonds is 1. The van der Waals surface area contributed by atoms with Crippen LogP contribution < -0.4 is 5.48 Å². The first-order valence-electron chi connectivity index (χ1n) is 8.49. The number of aliphatic imine (C=N–C) groups is 1. The molecule has 1 atom stereocenters. The number of nitrogens with one attached hydrogen (secondary N) is 1. The van der Waals surface area contributed by atoms with Crippen molar-refractivity contribution in [2.75, 3.05) is 19.6 Å². The van der Waals surface area contributed by atoms with Crippen molar-refractivity contribution in [1.29, 1.82) is 0 Å². The molecule has 124 valence electrons. The van der Waals surface area contributed by atoms with E-state index in [4.69, 9.17) is 4.84 Å². The van der Waals surface area contributed by atoms with Crippen molar-refractivity contribution in [2.45, 2.75) is 24.9 Å². The second kappa shape index (κ2) is 5.22. The van der Waals surface area contributed by atoms with E-state index in [1.807, 2.05) is 6.07 Å². The number of hydroxylamine groups is 1. The van der Waals surface area contributed by atoms with E-state index in [0.29, 0.717) is 11.7 Å². The topological polar surface area (TPSA) is 49.8 Å². The summed E-state index contributed by atoms with van der Waals surface area (Å²) in [6, 6.07) is 6.57. The molecule has 24 heavy (non-hydrogen) atoms. The molecule has 5 heterocycles. The van der Waals surface area contributed by atoms with Gasteiger partial charge in [-0.25, -0.2) is 14.4 Å². The fourth-order valence-corrected chi connectivity index (χ4v) is 4.32. The first-order chi connectivity index (χ1) is 11.7. The lowest BCUT2D eigenvalue weighted by molar-refractivity contribution is -0.150. The monoisotopic (exact) mass is 326 g/mol. The van der Waals surface area contributed by atoms with Crippen molar-refractivity contribution >= 4 is 22.4 Å². The quantitative estimate of drug-likeness (QED) is 0.875. The summed E-state index contributed by atoms with van der Waals surface area (Å²) in [5.74, 6) is 1.81. The molecule has 0 saturated carbocycles. The highest BCUT2D eigenvalue weighted by Gasteiger charge is 2.52. The third kappa shape index (κ3) is 2.29. The van der Waals surface area contributed by atoms with Gasteiger partial charge in [0.05, 0.1) is 0 Å². The van der Waals surface area contributed by atoms with Crippen LogP contribution in [-0.2, 0) is 4.84 Å². The number of halogens is 1. The van der Waals surface area contributed by atoms with Crippen molar-refractivity contribution in [3.8, 4) is 0 Å². The van der Waals surface area contributed by atoms with Crippen molar-refractivity contribution < 1.29 is 9.23 Å². The van der Waals surface area contributed by atoms with Gasteiger partial charge in [0.2, 0.25) is 0 Å². The summed E-state index contributed by atoms with van der Waals surface area (Å²) in [5.41, 5.74) is 2.90. The molecule has 6 rings (SSSR count). The average molecular weight is 326 g/mol. The van der Waals surface area contributed by atoms with Gasteiger partial charge in [-0.2, -0.15) is 0 Å². The van der Waals surface area contributed by atoms with Gasteiger partial charge in [0.15, 0.2) is 5.82 Å². The van der Waals surface area contributed by atoms with Crippen LogP contribution in [-0.4, -0.2) is 41.0 Å². The molecular weight excluding hydrogens is 307 g/mol. The molecule has 4 aliphatic rings. The molecular formula is C18H19FN4O. The molecule has 0 amide bonds. The molecule has 1 aromatic heterocycles. The minimum absolute atomic E-state index is 0.130. The first-order valence-corrected chi connectivity index (χ1v) is 8.49. The molecule has 5 nitrogen and oxygen atoms in total. The minimum Gasteiger partial charge on any atom is -0.300 e. The molecule has 1 aromatic carbocycles. The van der Waals surface area contributed by atoms with Crippen LogP contribution in [0.3, 0.4) is 0 Å². The Balaban J connectivity index is 1.42. The fraction of sp³-hybridized carbons (Fsp3) is 0.444. The van der Waals surface area contributed by atoms with Crippen molar-refractivity contribution in [2.24, 2.45) is 10.9 Å². The maximum Gasteiger partial charge on any atom is 0.154 e. The molecule has 1 N–H and O–H groups in total. The molecule has 2 bridgehead atoms. The van der Waals surface area contributed by atoms with Crippen molar-refractivity contribution in [3.05, 3.63) is 36.3 Å². The highest BCUT2D eigenvalue weighted by Crippen LogP contribution is 2.42. The molecule has 4 fully saturated rings. The second-order valence-electron chi connectivity index (χ2n) is 7.09. The summed E-state index contributed by atoms with van der Waals surface area (Å²) >= 11 is 0. The van der Waals surface area contributed by atoms with E-state index in [2.05, 4.69) is 20.4 Å². The Hall–Kier alpha value is -2.05. The Morgan fingerprint density at radius 2 is 2.12 bits per heavy atom. The summed E-state index contributed by atoms with van der Waals surface area (Å²) in [5, 5.41) is 1.71. The van der Waals surface area contributed by atoms with E-state index < -0.39 is 0 Å². The third-order valence-corrected chi connectivity index (χ3v) is 5.58. The van der Waals surface area contributed by atoms with Gasteiger partial charge in [-0.1, -0.05) is 6.07 Å². The molecule has 1 spiro atoms. The molecule has 1 unspecified atom stereocenters. The van der Waals surface area contributed by atoms with Gasteiger partial charge in [-0.3, -0.25) is 10.3 Å². The Bertz CT molecular complexity index is 831. The minimum atomic E-state index is -0.251. The lowest BCUT2D eigenvalue weighted by atomic mass is 9.74. The van der Waals surface area contributed by atoms with Crippen molar-refractivity contribution in [1.82, 2.24) is 15.4 Å². The fourth-order valence-electron chi connectivity index (χ4n) is 4.32. The van der Waals surface area contributed by atoms with Crippen LogP contribution in [0.25, 0.3) is 10.8 Å². The van der Waals surface area contributed by atoms with Crippen LogP contribution in [0.5, 0.6) is 0 Å². The summed E-state index contributed by atoms with van der Waals surface area (Å²) < 4.78 is 13.3. The number of nitrogens with zero attached hydrogens (tertiary/aromatic N) is 3. The van der Waals surface area contributed by atoms with E-state index in [1.165, 1.54) is 38.1 Å². The number of hydrogen-bond acceptors (Lipinski definition) is 4. The van der Waals surface area contributed by atoms with E-state index in [0.717, 1.165) is 29.6 Å². The zero-order valence-electron chi connectivity index (χ0n) is 13.3. The number of fused-ring (bicyclic) bond motifs is 3. The number of hydrogen-bond donors (Lipinski definition) is 1. The van der Waals surface area contributed by atoms with Crippen LogP contribution in [0.4, 0.5) is 10.2 Å². The molecule has 4 saturated heterocycles. The number of benzene rings is 1. The first kappa shape index (κ1) is 14.3. The van der Waals surface area contributed by atoms with Crippen LogP contribution in [0, 0.1) is 11.7 Å². The number of amidine groups is 1. The number of piperidine rings is 3. The Kier molecular flexibility index (Phi) is 3.11. The third-order valence-electron chi connectivity index (χ3n) is 5.58. The molecule has 6 heteroatoms. The van der Waals surface area contributed by atoms with Gasteiger partial charge >= 0.3 is 0 Å². The van der Waals surface area contributed by atoms with Gasteiger partial charge in [0.25, 0.3) is 0 Å². The summed E-state index contributed by atoms with van der Waals surface area (Å²) in [6.07, 6.45) is 4.87. The predicted octanol–water partition coefficient (Wildman–Crippen LogP) is 2.79. The Labute approximate surface area is 139 Å². The molecule has 0 radical (unpaired) electrons. The SMILES string of the molecule is Fc1ccc2cc(N=C3CC4(CN5CCC4CC5)ON3)ncc2c1.